The second-order valence-electron chi connectivity index (χ2n) is 5.19. The molecule has 3 rings (SSSR count). The Morgan fingerprint density at radius 1 is 1.35 bits per heavy atom. The summed E-state index contributed by atoms with van der Waals surface area (Å²) in [5.41, 5.74) is 0.235. The van der Waals surface area contributed by atoms with E-state index in [-0.39, 0.29) is 17.1 Å². The van der Waals surface area contributed by atoms with E-state index >= 15 is 0 Å². The molecule has 0 atom stereocenters. The van der Waals surface area contributed by atoms with E-state index in [0.29, 0.717) is 10.1 Å². The number of nitrogens with one attached hydrogen (secondary N) is 1. The molecule has 0 bridgehead atoms. The lowest BCUT2D eigenvalue weighted by Gasteiger charge is -2.06. The third-order valence-corrected chi connectivity index (χ3v) is 6.37. The zero-order chi connectivity index (χ0) is 18.4. The number of hydrogen-bond donors (Lipinski definition) is 1. The SMILES string of the molecule is COc1ccc(F)cc1C(=O)CSc1nnc(NCCc2cccs2)s1. The summed E-state index contributed by atoms with van der Waals surface area (Å²) in [6, 6.07) is 8.04. The Morgan fingerprint density at radius 3 is 3.00 bits per heavy atom. The van der Waals surface area contributed by atoms with Crippen LogP contribution in [0.2, 0.25) is 0 Å². The van der Waals surface area contributed by atoms with Crippen molar-refractivity contribution in [3.05, 3.63) is 52.0 Å². The molecule has 0 spiro atoms. The average Bonchev–Trinajstić information content (AvgIpc) is 3.32. The minimum atomic E-state index is -0.465. The van der Waals surface area contributed by atoms with Crippen molar-refractivity contribution in [2.45, 2.75) is 10.8 Å². The number of nitrogens with zero attached hydrogens (tertiary/aromatic N) is 2. The molecule has 0 aliphatic heterocycles. The molecule has 26 heavy (non-hydrogen) atoms. The standard InChI is InChI=1S/C17H16FN3O2S3/c1-23-15-5-4-11(18)9-13(15)14(22)10-25-17-21-20-16(26-17)19-7-6-12-3-2-8-24-12/h2-5,8-9H,6-7,10H2,1H3,(H,19,20). The number of hydrogen-bond acceptors (Lipinski definition) is 8. The van der Waals surface area contributed by atoms with Crippen LogP contribution < -0.4 is 10.1 Å². The van der Waals surface area contributed by atoms with Crippen molar-refractivity contribution in [1.29, 1.82) is 0 Å². The van der Waals surface area contributed by atoms with Crippen LogP contribution in [0.25, 0.3) is 0 Å². The first-order valence-corrected chi connectivity index (χ1v) is 10.4. The highest BCUT2D eigenvalue weighted by Gasteiger charge is 2.15. The average molecular weight is 410 g/mol. The van der Waals surface area contributed by atoms with E-state index in [2.05, 4.69) is 27.0 Å². The highest BCUT2D eigenvalue weighted by molar-refractivity contribution is 8.01. The maximum Gasteiger partial charge on any atom is 0.206 e. The lowest BCUT2D eigenvalue weighted by atomic mass is 10.1. The van der Waals surface area contributed by atoms with Gasteiger partial charge in [0, 0.05) is 11.4 Å². The third kappa shape index (κ3) is 5.03. The Kier molecular flexibility index (Phi) is 6.59. The summed E-state index contributed by atoms with van der Waals surface area (Å²) in [6.07, 6.45) is 0.928. The third-order valence-electron chi connectivity index (χ3n) is 3.42. The number of ether oxygens (including phenoxy) is 1. The van der Waals surface area contributed by atoms with Gasteiger partial charge in [-0.05, 0) is 36.1 Å². The maximum absolute atomic E-state index is 13.4. The zero-order valence-corrected chi connectivity index (χ0v) is 16.3. The van der Waals surface area contributed by atoms with Crippen molar-refractivity contribution in [1.82, 2.24) is 10.2 Å². The number of anilines is 1. The van der Waals surface area contributed by atoms with Crippen molar-refractivity contribution < 1.29 is 13.9 Å². The Bertz CT molecular complexity index is 868. The second kappa shape index (κ2) is 9.11. The monoisotopic (exact) mass is 409 g/mol. The van der Waals surface area contributed by atoms with Crippen molar-refractivity contribution in [2.75, 3.05) is 24.7 Å². The number of thiophene rings is 1. The molecule has 0 radical (unpaired) electrons. The number of rotatable bonds is 9. The summed E-state index contributed by atoms with van der Waals surface area (Å²) >= 11 is 4.40. The van der Waals surface area contributed by atoms with Gasteiger partial charge in [-0.1, -0.05) is 29.2 Å². The van der Waals surface area contributed by atoms with Gasteiger partial charge in [0.2, 0.25) is 5.13 Å². The van der Waals surface area contributed by atoms with Gasteiger partial charge in [0.15, 0.2) is 10.1 Å². The molecule has 0 saturated heterocycles. The van der Waals surface area contributed by atoms with Gasteiger partial charge in [0.1, 0.15) is 11.6 Å². The van der Waals surface area contributed by atoms with Gasteiger partial charge in [-0.3, -0.25) is 4.79 Å². The van der Waals surface area contributed by atoms with Crippen molar-refractivity contribution in [3.8, 4) is 5.75 Å². The zero-order valence-electron chi connectivity index (χ0n) is 13.9. The first-order chi connectivity index (χ1) is 12.7. The molecule has 0 aliphatic carbocycles. The van der Waals surface area contributed by atoms with Crippen LogP contribution in [0.15, 0.2) is 40.1 Å². The number of Topliss-reactive ketones (excluding diaryl/α,β-unsaturated/α-hetero) is 1. The molecule has 2 aromatic heterocycles. The minimum absolute atomic E-state index is 0.143. The van der Waals surface area contributed by atoms with Crippen molar-refractivity contribution >= 4 is 45.4 Å². The molecule has 0 saturated carbocycles. The largest absolute Gasteiger partial charge is 0.496 e. The molecular formula is C17H16FN3O2S3. The van der Waals surface area contributed by atoms with Gasteiger partial charge < -0.3 is 10.1 Å². The number of carbonyl (C=O) groups is 1. The Balaban J connectivity index is 1.51. The number of halogens is 1. The van der Waals surface area contributed by atoms with E-state index in [1.165, 1.54) is 53.3 Å². The van der Waals surface area contributed by atoms with Crippen LogP contribution in [-0.2, 0) is 6.42 Å². The van der Waals surface area contributed by atoms with E-state index in [4.69, 9.17) is 4.74 Å². The number of methoxy groups -OCH3 is 1. The van der Waals surface area contributed by atoms with Crippen molar-refractivity contribution in [2.24, 2.45) is 0 Å². The van der Waals surface area contributed by atoms with E-state index in [0.717, 1.165) is 18.1 Å². The Hall–Kier alpha value is -1.97. The quantitative estimate of drug-likeness (QED) is 0.418. The summed E-state index contributed by atoms with van der Waals surface area (Å²) in [5.74, 6) is -0.171. The van der Waals surface area contributed by atoms with Gasteiger partial charge in [-0.25, -0.2) is 4.39 Å². The number of benzene rings is 1. The van der Waals surface area contributed by atoms with Gasteiger partial charge in [0.25, 0.3) is 0 Å². The number of thioether (sulfide) groups is 1. The van der Waals surface area contributed by atoms with E-state index in [9.17, 15) is 9.18 Å². The summed E-state index contributed by atoms with van der Waals surface area (Å²) in [4.78, 5) is 13.6. The fourth-order valence-electron chi connectivity index (χ4n) is 2.19. The molecule has 136 valence electrons. The predicted molar refractivity (Wildman–Crippen MR) is 104 cm³/mol. The fourth-order valence-corrected chi connectivity index (χ4v) is 4.56. The van der Waals surface area contributed by atoms with Crippen LogP contribution in [0.5, 0.6) is 5.75 Å². The predicted octanol–water partition coefficient (Wildman–Crippen LogP) is 4.38. The van der Waals surface area contributed by atoms with Gasteiger partial charge in [0.05, 0.1) is 18.4 Å². The molecule has 1 N–H and O–H groups in total. The second-order valence-corrected chi connectivity index (χ2v) is 8.42. The Labute approximate surface area is 162 Å². The first kappa shape index (κ1) is 18.8. The van der Waals surface area contributed by atoms with Crippen LogP contribution in [0.4, 0.5) is 9.52 Å². The van der Waals surface area contributed by atoms with Gasteiger partial charge in [-0.15, -0.1) is 21.5 Å². The molecule has 3 aromatic rings. The highest BCUT2D eigenvalue weighted by atomic mass is 32.2. The molecule has 1 aromatic carbocycles. The lowest BCUT2D eigenvalue weighted by molar-refractivity contribution is 0.101. The lowest BCUT2D eigenvalue weighted by Crippen LogP contribution is -2.05. The van der Waals surface area contributed by atoms with Crippen LogP contribution in [0, 0.1) is 5.82 Å². The summed E-state index contributed by atoms with van der Waals surface area (Å²) < 4.78 is 19.2. The fraction of sp³-hybridized carbons (Fsp3) is 0.235. The van der Waals surface area contributed by atoms with E-state index in [1.54, 1.807) is 11.3 Å². The molecular weight excluding hydrogens is 393 g/mol. The first-order valence-electron chi connectivity index (χ1n) is 7.75. The van der Waals surface area contributed by atoms with Crippen LogP contribution in [-0.4, -0.2) is 35.4 Å². The van der Waals surface area contributed by atoms with E-state index in [1.807, 2.05) is 6.07 Å². The molecule has 9 heteroatoms. The molecule has 0 amide bonds. The van der Waals surface area contributed by atoms with E-state index < -0.39 is 5.82 Å². The Morgan fingerprint density at radius 2 is 2.23 bits per heavy atom. The topological polar surface area (TPSA) is 64.1 Å². The van der Waals surface area contributed by atoms with Crippen LogP contribution >= 0.6 is 34.4 Å². The molecule has 0 unspecified atom stereocenters. The molecule has 2 heterocycles. The maximum atomic E-state index is 13.4. The molecule has 5 nitrogen and oxygen atoms in total. The normalized spacial score (nSPS) is 10.7. The number of aromatic nitrogens is 2. The van der Waals surface area contributed by atoms with Gasteiger partial charge in [-0.2, -0.15) is 0 Å². The summed E-state index contributed by atoms with van der Waals surface area (Å²) in [6.45, 7) is 0.777. The minimum Gasteiger partial charge on any atom is -0.496 e. The molecule has 0 aliphatic rings. The molecule has 0 fully saturated rings. The number of ketones is 1. The summed E-state index contributed by atoms with van der Waals surface area (Å²) in [5, 5.41) is 14.2. The number of carbonyl (C=O) groups excluding carboxylic acids is 1. The van der Waals surface area contributed by atoms with Crippen LogP contribution in [0.1, 0.15) is 15.2 Å². The van der Waals surface area contributed by atoms with Crippen molar-refractivity contribution in [3.63, 3.8) is 0 Å². The summed E-state index contributed by atoms with van der Waals surface area (Å²) in [7, 11) is 1.45. The highest BCUT2D eigenvalue weighted by Crippen LogP contribution is 2.28. The smallest absolute Gasteiger partial charge is 0.206 e. The van der Waals surface area contributed by atoms with Crippen LogP contribution in [0.3, 0.4) is 0 Å². The van der Waals surface area contributed by atoms with Gasteiger partial charge >= 0.3 is 0 Å².